The van der Waals surface area contributed by atoms with E-state index in [1.165, 1.54) is 6.92 Å². The van der Waals surface area contributed by atoms with Crippen LogP contribution >= 0.6 is 0 Å². The number of carbonyl (C=O) groups excluding carboxylic acids is 2. The lowest BCUT2D eigenvalue weighted by molar-refractivity contribution is -0.210. The fourth-order valence-corrected chi connectivity index (χ4v) is 0.752. The van der Waals surface area contributed by atoms with Gasteiger partial charge < -0.3 is 19.7 Å². The van der Waals surface area contributed by atoms with Crippen molar-refractivity contribution in [1.29, 1.82) is 0 Å². The molecule has 0 aromatic rings. The summed E-state index contributed by atoms with van der Waals surface area (Å²) in [5, 5.41) is 28.0. The summed E-state index contributed by atoms with van der Waals surface area (Å²) in [5.74, 6) is -1.58. The molecule has 93 valence electrons. The van der Waals surface area contributed by atoms with Crippen molar-refractivity contribution in [2.24, 2.45) is 0 Å². The van der Waals surface area contributed by atoms with Crippen LogP contribution in [0.5, 0.6) is 0 Å². The molecule has 2 N–H and O–H groups in total. The Morgan fingerprint density at radius 3 is 2.25 bits per heavy atom. The molecular formula is C9H15O7. The Hall–Kier alpha value is -1.18. The second kappa shape index (κ2) is 8.03. The molecule has 0 aromatic heterocycles. The minimum Gasteiger partial charge on any atom is -0.422 e. The maximum Gasteiger partial charge on any atom is 0.311 e. The van der Waals surface area contributed by atoms with Gasteiger partial charge in [-0.15, -0.1) is 0 Å². The van der Waals surface area contributed by atoms with Crippen LogP contribution in [0.15, 0.2) is 0 Å². The van der Waals surface area contributed by atoms with Gasteiger partial charge in [0.05, 0.1) is 19.6 Å². The zero-order chi connectivity index (χ0) is 12.6. The maximum atomic E-state index is 10.9. The van der Waals surface area contributed by atoms with Gasteiger partial charge in [-0.1, -0.05) is 6.92 Å². The summed E-state index contributed by atoms with van der Waals surface area (Å²) >= 11 is 0. The third-order valence-corrected chi connectivity index (χ3v) is 1.59. The minimum atomic E-state index is -1.57. The molecule has 7 heteroatoms. The fourth-order valence-electron chi connectivity index (χ4n) is 0.752. The summed E-state index contributed by atoms with van der Waals surface area (Å²) in [6, 6.07) is 0. The number of hydrogen-bond acceptors (Lipinski definition) is 6. The number of rotatable bonds is 7. The lowest BCUT2D eigenvalue weighted by Crippen LogP contribution is -2.38. The van der Waals surface area contributed by atoms with E-state index >= 15 is 0 Å². The molecule has 0 aliphatic heterocycles. The lowest BCUT2D eigenvalue weighted by Gasteiger charge is -2.21. The Morgan fingerprint density at radius 2 is 1.81 bits per heavy atom. The van der Waals surface area contributed by atoms with E-state index in [-0.39, 0.29) is 6.42 Å². The average molecular weight is 235 g/mol. The van der Waals surface area contributed by atoms with Crippen LogP contribution in [0.25, 0.3) is 0 Å². The largest absolute Gasteiger partial charge is 0.422 e. The predicted molar refractivity (Wildman–Crippen MR) is 49.5 cm³/mol. The van der Waals surface area contributed by atoms with Crippen molar-refractivity contribution < 1.29 is 34.4 Å². The molecule has 0 fully saturated rings. The van der Waals surface area contributed by atoms with E-state index in [9.17, 15) is 19.8 Å². The summed E-state index contributed by atoms with van der Waals surface area (Å²) < 4.78 is 9.10. The van der Waals surface area contributed by atoms with Crippen molar-refractivity contribution in [3.05, 3.63) is 0 Å². The third kappa shape index (κ3) is 5.64. The molecule has 0 saturated carbocycles. The van der Waals surface area contributed by atoms with Crippen LogP contribution < -0.4 is 0 Å². The molecule has 0 spiro atoms. The van der Waals surface area contributed by atoms with Crippen LogP contribution in [-0.2, 0) is 24.2 Å². The van der Waals surface area contributed by atoms with Crippen LogP contribution in [-0.4, -0.2) is 47.8 Å². The summed E-state index contributed by atoms with van der Waals surface area (Å²) in [6.07, 6.45) is -3.45. The van der Waals surface area contributed by atoms with E-state index in [4.69, 9.17) is 5.11 Å². The lowest BCUT2D eigenvalue weighted by atomic mass is 10.3. The van der Waals surface area contributed by atoms with Crippen LogP contribution in [0.1, 0.15) is 19.8 Å². The van der Waals surface area contributed by atoms with Crippen molar-refractivity contribution in [1.82, 2.24) is 0 Å². The highest BCUT2D eigenvalue weighted by Gasteiger charge is 2.26. The summed E-state index contributed by atoms with van der Waals surface area (Å²) in [7, 11) is 0. The van der Waals surface area contributed by atoms with E-state index in [1.807, 2.05) is 0 Å². The normalized spacial score (nSPS) is 14.0. The Bertz CT molecular complexity index is 228. The number of aliphatic hydroxyl groups excluding tert-OH is 2. The van der Waals surface area contributed by atoms with Crippen LogP contribution in [0.3, 0.4) is 0 Å². The van der Waals surface area contributed by atoms with Gasteiger partial charge in [0.1, 0.15) is 0 Å². The molecule has 0 aliphatic carbocycles. The van der Waals surface area contributed by atoms with Crippen LogP contribution in [0, 0.1) is 0 Å². The molecule has 2 unspecified atom stereocenters. The first-order valence-electron chi connectivity index (χ1n) is 4.81. The van der Waals surface area contributed by atoms with Gasteiger partial charge in [-0.25, -0.2) is 5.11 Å². The van der Waals surface area contributed by atoms with Gasteiger partial charge in [-0.3, -0.25) is 9.59 Å². The van der Waals surface area contributed by atoms with E-state index in [0.717, 1.165) is 0 Å². The quantitative estimate of drug-likeness (QED) is 0.431. The molecule has 0 saturated heterocycles. The van der Waals surface area contributed by atoms with Gasteiger partial charge in [-0.2, -0.15) is 0 Å². The van der Waals surface area contributed by atoms with Crippen molar-refractivity contribution in [3.8, 4) is 0 Å². The first-order chi connectivity index (χ1) is 7.54. The third-order valence-electron chi connectivity index (χ3n) is 1.59. The zero-order valence-electron chi connectivity index (χ0n) is 8.92. The topological polar surface area (TPSA) is 113 Å². The molecule has 7 nitrogen and oxygen atoms in total. The van der Waals surface area contributed by atoms with Gasteiger partial charge in [0.25, 0.3) is 6.29 Å². The van der Waals surface area contributed by atoms with Crippen molar-refractivity contribution >= 4 is 11.9 Å². The number of ether oxygens (including phenoxy) is 2. The van der Waals surface area contributed by atoms with Gasteiger partial charge in [-0.05, 0) is 0 Å². The van der Waals surface area contributed by atoms with Gasteiger partial charge in [0, 0.05) is 6.42 Å². The smallest absolute Gasteiger partial charge is 0.311 e. The second-order valence-electron chi connectivity index (χ2n) is 2.91. The first kappa shape index (κ1) is 14.8. The Balaban J connectivity index is 4.31. The van der Waals surface area contributed by atoms with Crippen molar-refractivity contribution in [2.75, 3.05) is 13.2 Å². The first-order valence-corrected chi connectivity index (χ1v) is 4.81. The molecule has 16 heavy (non-hydrogen) atoms. The molecule has 0 amide bonds. The zero-order valence-corrected chi connectivity index (χ0v) is 8.92. The number of esters is 2. The molecule has 1 radical (unpaired) electrons. The second-order valence-corrected chi connectivity index (χ2v) is 2.91. The number of aliphatic hydroxyl groups is 2. The molecule has 0 heterocycles. The molecule has 0 aliphatic rings. The van der Waals surface area contributed by atoms with Crippen molar-refractivity contribution in [2.45, 2.75) is 32.2 Å². The fraction of sp³-hybridized carbons (Fsp3) is 0.778. The van der Waals surface area contributed by atoms with Gasteiger partial charge in [0.15, 0.2) is 6.10 Å². The van der Waals surface area contributed by atoms with E-state index < -0.39 is 44.0 Å². The van der Waals surface area contributed by atoms with Crippen LogP contribution in [0.2, 0.25) is 0 Å². The maximum absolute atomic E-state index is 10.9. The van der Waals surface area contributed by atoms with E-state index in [1.54, 1.807) is 0 Å². The van der Waals surface area contributed by atoms with Crippen molar-refractivity contribution in [3.63, 3.8) is 0 Å². The monoisotopic (exact) mass is 235 g/mol. The highest BCUT2D eigenvalue weighted by molar-refractivity contribution is 5.71. The summed E-state index contributed by atoms with van der Waals surface area (Å²) in [6.45, 7) is 0.124. The highest BCUT2D eigenvalue weighted by atomic mass is 16.7. The Kier molecular flexibility index (Phi) is 7.44. The van der Waals surface area contributed by atoms with Crippen LogP contribution in [0.4, 0.5) is 0 Å². The Morgan fingerprint density at radius 1 is 1.25 bits per heavy atom. The summed E-state index contributed by atoms with van der Waals surface area (Å²) in [5.41, 5.74) is 0. The van der Waals surface area contributed by atoms with E-state index in [0.29, 0.717) is 0 Å². The molecular weight excluding hydrogens is 220 g/mol. The van der Waals surface area contributed by atoms with Gasteiger partial charge >= 0.3 is 11.9 Å². The predicted octanol–water partition coefficient (Wildman–Crippen LogP) is -1.02. The summed E-state index contributed by atoms with van der Waals surface area (Å²) in [4.78, 5) is 21.9. The Labute approximate surface area is 92.6 Å². The minimum absolute atomic E-state index is 0.0355. The molecule has 2 atom stereocenters. The van der Waals surface area contributed by atoms with E-state index in [2.05, 4.69) is 9.47 Å². The standard InChI is InChI=1S/C9H15O7/c1-2-7(13)15-9(6(12)5-11)16-8(14)3-4-10/h6,9,11-12H,2-5H2,1H3. The van der Waals surface area contributed by atoms with Gasteiger partial charge in [0.2, 0.25) is 0 Å². The average Bonchev–Trinajstić information content (AvgIpc) is 2.27. The molecule has 0 bridgehead atoms. The molecule has 0 aromatic carbocycles. The highest BCUT2D eigenvalue weighted by Crippen LogP contribution is 2.05. The SMILES string of the molecule is CCC(=O)OC(OC(=O)CC[O])C(O)CO. The number of hydrogen-bond donors (Lipinski definition) is 2. The molecule has 0 rings (SSSR count). The number of carbonyl (C=O) groups is 2.